The molecule has 3 nitrogen and oxygen atoms in total. The summed E-state index contributed by atoms with van der Waals surface area (Å²) in [5.74, 6) is -1.13. The van der Waals surface area contributed by atoms with Crippen molar-refractivity contribution in [1.29, 1.82) is 0 Å². The molecule has 0 spiro atoms. The maximum absolute atomic E-state index is 13.6. The standard InChI is InChI=1S/C19H20FNO2/c20-18-11-5-4-10-17(18)19(22)23-14-16-9-6-12-21(16)13-15-7-2-1-3-8-15/h1-5,7-8,10-11,16H,6,9,12-14H2/t16-/m0/s1. The number of nitrogens with zero attached hydrogens (tertiary/aromatic N) is 1. The lowest BCUT2D eigenvalue weighted by Crippen LogP contribution is -2.33. The molecular weight excluding hydrogens is 293 g/mol. The summed E-state index contributed by atoms with van der Waals surface area (Å²) in [6.07, 6.45) is 2.09. The van der Waals surface area contributed by atoms with E-state index >= 15 is 0 Å². The largest absolute Gasteiger partial charge is 0.460 e. The molecule has 0 saturated carbocycles. The molecule has 1 atom stereocenters. The smallest absolute Gasteiger partial charge is 0.341 e. The number of halogens is 1. The second-order valence-corrected chi connectivity index (χ2v) is 5.83. The summed E-state index contributed by atoms with van der Waals surface area (Å²) in [5, 5.41) is 0. The molecule has 0 amide bonds. The van der Waals surface area contributed by atoms with Gasteiger partial charge in [-0.15, -0.1) is 0 Å². The monoisotopic (exact) mass is 313 g/mol. The molecule has 0 aromatic heterocycles. The summed E-state index contributed by atoms with van der Waals surface area (Å²) < 4.78 is 18.9. The van der Waals surface area contributed by atoms with Crippen molar-refractivity contribution in [1.82, 2.24) is 4.90 Å². The van der Waals surface area contributed by atoms with E-state index in [0.717, 1.165) is 25.9 Å². The van der Waals surface area contributed by atoms with Gasteiger partial charge in [-0.3, -0.25) is 4.90 Å². The number of rotatable bonds is 5. The average molecular weight is 313 g/mol. The summed E-state index contributed by atoms with van der Waals surface area (Å²) in [6, 6.07) is 16.4. The minimum atomic E-state index is -0.588. The van der Waals surface area contributed by atoms with Gasteiger partial charge in [-0.2, -0.15) is 0 Å². The average Bonchev–Trinajstić information content (AvgIpc) is 3.01. The Morgan fingerprint density at radius 2 is 1.87 bits per heavy atom. The van der Waals surface area contributed by atoms with Crippen molar-refractivity contribution in [2.45, 2.75) is 25.4 Å². The summed E-state index contributed by atoms with van der Waals surface area (Å²) >= 11 is 0. The molecule has 1 heterocycles. The second kappa shape index (κ2) is 7.38. The minimum absolute atomic E-state index is 0.0000984. The number of esters is 1. The van der Waals surface area contributed by atoms with Gasteiger partial charge in [-0.05, 0) is 37.1 Å². The van der Waals surface area contributed by atoms with Crippen molar-refractivity contribution >= 4 is 5.97 Å². The van der Waals surface area contributed by atoms with Gasteiger partial charge in [-0.25, -0.2) is 9.18 Å². The first-order valence-electron chi connectivity index (χ1n) is 7.93. The molecule has 2 aromatic carbocycles. The molecule has 1 aliphatic heterocycles. The molecule has 3 rings (SSSR count). The zero-order valence-corrected chi connectivity index (χ0v) is 13.0. The zero-order valence-electron chi connectivity index (χ0n) is 13.0. The van der Waals surface area contributed by atoms with Crippen LogP contribution < -0.4 is 0 Å². The van der Waals surface area contributed by atoms with E-state index in [2.05, 4.69) is 17.0 Å². The summed E-state index contributed by atoms with van der Waals surface area (Å²) in [4.78, 5) is 14.3. The molecule has 0 aliphatic carbocycles. The molecule has 2 aromatic rings. The predicted octanol–water partition coefficient (Wildman–Crippen LogP) is 3.65. The lowest BCUT2D eigenvalue weighted by atomic mass is 10.2. The van der Waals surface area contributed by atoms with Crippen molar-refractivity contribution in [3.8, 4) is 0 Å². The molecule has 4 heteroatoms. The Morgan fingerprint density at radius 1 is 1.13 bits per heavy atom. The van der Waals surface area contributed by atoms with Gasteiger partial charge in [0.25, 0.3) is 0 Å². The van der Waals surface area contributed by atoms with Crippen molar-refractivity contribution in [3.05, 3.63) is 71.5 Å². The molecule has 23 heavy (non-hydrogen) atoms. The zero-order chi connectivity index (χ0) is 16.1. The van der Waals surface area contributed by atoms with Crippen LogP contribution in [0.4, 0.5) is 4.39 Å². The van der Waals surface area contributed by atoms with E-state index in [4.69, 9.17) is 4.74 Å². The van der Waals surface area contributed by atoms with Crippen LogP contribution in [0.3, 0.4) is 0 Å². The first kappa shape index (κ1) is 15.7. The molecule has 1 fully saturated rings. The quantitative estimate of drug-likeness (QED) is 0.789. The van der Waals surface area contributed by atoms with Crippen LogP contribution >= 0.6 is 0 Å². The summed E-state index contributed by atoms with van der Waals surface area (Å²) in [6.45, 7) is 2.15. The van der Waals surface area contributed by atoms with Crippen LogP contribution in [0.5, 0.6) is 0 Å². The van der Waals surface area contributed by atoms with Crippen molar-refractivity contribution in [2.24, 2.45) is 0 Å². The number of hydrogen-bond donors (Lipinski definition) is 0. The van der Waals surface area contributed by atoms with Gasteiger partial charge < -0.3 is 4.74 Å². The minimum Gasteiger partial charge on any atom is -0.460 e. The Balaban J connectivity index is 1.57. The Labute approximate surface area is 135 Å². The van der Waals surface area contributed by atoms with Gasteiger partial charge in [0.15, 0.2) is 0 Å². The third-order valence-corrected chi connectivity index (χ3v) is 4.23. The van der Waals surface area contributed by atoms with Crippen molar-refractivity contribution in [3.63, 3.8) is 0 Å². The number of ether oxygens (including phenoxy) is 1. The molecule has 1 aliphatic rings. The van der Waals surface area contributed by atoms with E-state index in [-0.39, 0.29) is 11.6 Å². The lowest BCUT2D eigenvalue weighted by molar-refractivity contribution is 0.0386. The van der Waals surface area contributed by atoms with Crippen molar-refractivity contribution in [2.75, 3.05) is 13.2 Å². The number of likely N-dealkylation sites (tertiary alicyclic amines) is 1. The predicted molar refractivity (Wildman–Crippen MR) is 86.6 cm³/mol. The molecule has 0 radical (unpaired) electrons. The third-order valence-electron chi connectivity index (χ3n) is 4.23. The van der Waals surface area contributed by atoms with E-state index < -0.39 is 11.8 Å². The summed E-state index contributed by atoms with van der Waals surface area (Å²) in [7, 11) is 0. The molecule has 1 saturated heterocycles. The van der Waals surface area contributed by atoms with E-state index in [1.165, 1.54) is 17.7 Å². The van der Waals surface area contributed by atoms with E-state index in [1.54, 1.807) is 12.1 Å². The Hall–Kier alpha value is -2.20. The van der Waals surface area contributed by atoms with E-state index in [9.17, 15) is 9.18 Å². The second-order valence-electron chi connectivity index (χ2n) is 5.83. The number of carbonyl (C=O) groups is 1. The van der Waals surface area contributed by atoms with E-state index in [1.807, 2.05) is 18.2 Å². The van der Waals surface area contributed by atoms with Crippen LogP contribution in [0.1, 0.15) is 28.8 Å². The topological polar surface area (TPSA) is 29.5 Å². The molecular formula is C19H20FNO2. The van der Waals surface area contributed by atoms with Gasteiger partial charge in [0.1, 0.15) is 12.4 Å². The third kappa shape index (κ3) is 3.96. The van der Waals surface area contributed by atoms with Gasteiger partial charge in [0.05, 0.1) is 5.56 Å². The molecule has 0 bridgehead atoms. The molecule has 0 unspecified atom stereocenters. The van der Waals surface area contributed by atoms with Crippen LogP contribution in [-0.4, -0.2) is 30.1 Å². The Morgan fingerprint density at radius 3 is 2.65 bits per heavy atom. The fourth-order valence-electron chi connectivity index (χ4n) is 2.99. The number of hydrogen-bond acceptors (Lipinski definition) is 3. The van der Waals surface area contributed by atoms with Gasteiger partial charge >= 0.3 is 5.97 Å². The highest BCUT2D eigenvalue weighted by Gasteiger charge is 2.26. The Kier molecular flexibility index (Phi) is 5.03. The maximum atomic E-state index is 13.6. The number of benzene rings is 2. The van der Waals surface area contributed by atoms with E-state index in [0.29, 0.717) is 6.61 Å². The van der Waals surface area contributed by atoms with Crippen LogP contribution in [-0.2, 0) is 11.3 Å². The van der Waals surface area contributed by atoms with Gasteiger partial charge in [0.2, 0.25) is 0 Å². The fraction of sp³-hybridized carbons (Fsp3) is 0.316. The normalized spacial score (nSPS) is 18.0. The highest BCUT2D eigenvalue weighted by atomic mass is 19.1. The summed E-state index contributed by atoms with van der Waals surface area (Å²) in [5.41, 5.74) is 1.25. The fourth-order valence-corrected chi connectivity index (χ4v) is 2.99. The van der Waals surface area contributed by atoms with Gasteiger partial charge in [0, 0.05) is 12.6 Å². The Bertz CT molecular complexity index is 659. The maximum Gasteiger partial charge on any atom is 0.341 e. The van der Waals surface area contributed by atoms with Crippen LogP contribution in [0.2, 0.25) is 0 Å². The molecule has 120 valence electrons. The van der Waals surface area contributed by atoms with Crippen LogP contribution in [0.25, 0.3) is 0 Å². The molecule has 0 N–H and O–H groups in total. The first-order valence-corrected chi connectivity index (χ1v) is 7.93. The SMILES string of the molecule is O=C(OC[C@@H]1CCCN1Cc1ccccc1)c1ccccc1F. The highest BCUT2D eigenvalue weighted by Crippen LogP contribution is 2.21. The number of carbonyl (C=O) groups excluding carboxylic acids is 1. The van der Waals surface area contributed by atoms with Crippen LogP contribution in [0, 0.1) is 5.82 Å². The van der Waals surface area contributed by atoms with Crippen LogP contribution in [0.15, 0.2) is 54.6 Å². The lowest BCUT2D eigenvalue weighted by Gasteiger charge is -2.24. The highest BCUT2D eigenvalue weighted by molar-refractivity contribution is 5.89. The van der Waals surface area contributed by atoms with Gasteiger partial charge in [-0.1, -0.05) is 42.5 Å². The first-order chi connectivity index (χ1) is 11.2. The van der Waals surface area contributed by atoms with Crippen molar-refractivity contribution < 1.29 is 13.9 Å².